The van der Waals surface area contributed by atoms with Crippen LogP contribution in [0.5, 0.6) is 0 Å². The van der Waals surface area contributed by atoms with Crippen LogP contribution in [0.4, 0.5) is 23.2 Å². The molecule has 1 N–H and O–H groups in total. The third-order valence-corrected chi connectivity index (χ3v) is 8.96. The lowest BCUT2D eigenvalue weighted by Gasteiger charge is -2.41. The Bertz CT molecular complexity index is 1470. The number of alkyl halides is 3. The van der Waals surface area contributed by atoms with E-state index < -0.39 is 35.9 Å². The van der Waals surface area contributed by atoms with Crippen molar-refractivity contribution in [1.82, 2.24) is 9.80 Å². The highest BCUT2D eigenvalue weighted by Crippen LogP contribution is 2.39. The van der Waals surface area contributed by atoms with Gasteiger partial charge >= 0.3 is 6.18 Å². The van der Waals surface area contributed by atoms with Crippen LogP contribution in [-0.2, 0) is 11.3 Å². The molecular formula is C33H34ClF4N3O2. The standard InChI is InChI=1S/C33H34ClF4N3O2/c1-20-10-15-24(18-26(20)34)39-31(42)25-7-4-17-41(32(43)29-21(2)6-3-8-27(29)35)30(25)23-13-11-22(12-14-23)19-40-16-5-9-28(40)33(36,37)38/h3,6,8,10-15,18,25,28,30H,4-5,7,9,16-17,19H2,1-2H3,(H,39,42)/t25-,28?,30-/m0/s1. The number of rotatable bonds is 6. The minimum absolute atomic E-state index is 0.0391. The number of nitrogens with zero attached hydrogens (tertiary/aromatic N) is 2. The zero-order valence-corrected chi connectivity index (χ0v) is 24.8. The molecule has 2 heterocycles. The van der Waals surface area contributed by atoms with Crippen LogP contribution in [-0.4, -0.2) is 46.9 Å². The summed E-state index contributed by atoms with van der Waals surface area (Å²) in [4.78, 5) is 30.6. The van der Waals surface area contributed by atoms with E-state index in [1.54, 1.807) is 66.4 Å². The quantitative estimate of drug-likeness (QED) is 0.287. The molecule has 2 aliphatic rings. The summed E-state index contributed by atoms with van der Waals surface area (Å²) >= 11 is 6.27. The van der Waals surface area contributed by atoms with Gasteiger partial charge in [-0.25, -0.2) is 4.39 Å². The third-order valence-electron chi connectivity index (χ3n) is 8.55. The van der Waals surface area contributed by atoms with Gasteiger partial charge in [-0.3, -0.25) is 14.5 Å². The lowest BCUT2D eigenvalue weighted by atomic mass is 9.83. The van der Waals surface area contributed by atoms with Gasteiger partial charge in [-0.05, 0) is 86.5 Å². The van der Waals surface area contributed by atoms with Crippen LogP contribution in [0, 0.1) is 25.6 Å². The van der Waals surface area contributed by atoms with E-state index in [0.717, 1.165) is 5.56 Å². The molecule has 228 valence electrons. The van der Waals surface area contributed by atoms with Gasteiger partial charge in [-0.2, -0.15) is 13.2 Å². The van der Waals surface area contributed by atoms with E-state index in [0.29, 0.717) is 59.8 Å². The summed E-state index contributed by atoms with van der Waals surface area (Å²) in [6, 6.07) is 14.5. The largest absolute Gasteiger partial charge is 0.404 e. The van der Waals surface area contributed by atoms with Crippen LogP contribution in [0.1, 0.15) is 64.3 Å². The number of carbonyl (C=O) groups excluding carboxylic acids is 2. The monoisotopic (exact) mass is 615 g/mol. The van der Waals surface area contributed by atoms with Crippen molar-refractivity contribution < 1.29 is 27.2 Å². The number of aryl methyl sites for hydroxylation is 2. The third kappa shape index (κ3) is 6.73. The van der Waals surface area contributed by atoms with Gasteiger partial charge in [0, 0.05) is 23.8 Å². The van der Waals surface area contributed by atoms with Gasteiger partial charge in [0.25, 0.3) is 5.91 Å². The summed E-state index contributed by atoms with van der Waals surface area (Å²) in [6.45, 7) is 4.35. The highest BCUT2D eigenvalue weighted by atomic mass is 35.5. The lowest BCUT2D eigenvalue weighted by molar-refractivity contribution is -0.177. The van der Waals surface area contributed by atoms with E-state index in [2.05, 4.69) is 5.32 Å². The average molecular weight is 616 g/mol. The van der Waals surface area contributed by atoms with Gasteiger partial charge in [-0.15, -0.1) is 0 Å². The normalized spacial score (nSPS) is 21.2. The van der Waals surface area contributed by atoms with Gasteiger partial charge < -0.3 is 10.2 Å². The number of halogens is 5. The molecule has 0 radical (unpaired) electrons. The highest BCUT2D eigenvalue weighted by Gasteiger charge is 2.46. The molecule has 3 aromatic carbocycles. The molecule has 0 aromatic heterocycles. The molecule has 2 fully saturated rings. The maximum Gasteiger partial charge on any atom is 0.404 e. The number of piperidine rings is 1. The first-order chi connectivity index (χ1) is 20.4. The van der Waals surface area contributed by atoms with Crippen molar-refractivity contribution >= 4 is 29.1 Å². The number of anilines is 1. The Kier molecular flexibility index (Phi) is 9.13. The first-order valence-corrected chi connectivity index (χ1v) is 14.8. The van der Waals surface area contributed by atoms with E-state index in [-0.39, 0.29) is 24.4 Å². The molecule has 3 aromatic rings. The summed E-state index contributed by atoms with van der Waals surface area (Å²) in [6.07, 6.45) is -2.70. The van der Waals surface area contributed by atoms with Crippen molar-refractivity contribution in [2.45, 2.75) is 64.3 Å². The molecule has 3 atom stereocenters. The van der Waals surface area contributed by atoms with Gasteiger partial charge in [-0.1, -0.05) is 54.1 Å². The van der Waals surface area contributed by atoms with Crippen molar-refractivity contribution in [3.63, 3.8) is 0 Å². The Hall–Kier alpha value is -3.43. The summed E-state index contributed by atoms with van der Waals surface area (Å²) in [5, 5.41) is 3.44. The second-order valence-electron chi connectivity index (χ2n) is 11.5. The smallest absolute Gasteiger partial charge is 0.331 e. The first kappa shape index (κ1) is 31.0. The number of hydrogen-bond acceptors (Lipinski definition) is 3. The molecular weight excluding hydrogens is 582 g/mol. The number of carbonyl (C=O) groups is 2. The molecule has 0 saturated carbocycles. The van der Waals surface area contributed by atoms with Crippen molar-refractivity contribution in [3.05, 3.63) is 99.3 Å². The van der Waals surface area contributed by atoms with Crippen molar-refractivity contribution in [2.24, 2.45) is 5.92 Å². The fourth-order valence-electron chi connectivity index (χ4n) is 6.30. The zero-order valence-electron chi connectivity index (χ0n) is 24.1. The molecule has 43 heavy (non-hydrogen) atoms. The maximum atomic E-state index is 14.9. The van der Waals surface area contributed by atoms with E-state index in [1.807, 2.05) is 6.92 Å². The number of nitrogens with one attached hydrogen (secondary N) is 1. The Labute approximate surface area is 253 Å². The Morgan fingerprint density at radius 3 is 2.35 bits per heavy atom. The second-order valence-corrected chi connectivity index (χ2v) is 11.9. The van der Waals surface area contributed by atoms with Crippen molar-refractivity contribution in [1.29, 1.82) is 0 Å². The van der Waals surface area contributed by atoms with Crippen molar-refractivity contribution in [3.8, 4) is 0 Å². The molecule has 0 spiro atoms. The molecule has 2 amide bonds. The Balaban J connectivity index is 1.46. The maximum absolute atomic E-state index is 14.9. The molecule has 0 bridgehead atoms. The van der Waals surface area contributed by atoms with Crippen LogP contribution >= 0.6 is 11.6 Å². The van der Waals surface area contributed by atoms with E-state index in [1.165, 1.54) is 11.0 Å². The molecule has 10 heteroatoms. The fraction of sp³-hybridized carbons (Fsp3) is 0.394. The number of hydrogen-bond donors (Lipinski definition) is 1. The van der Waals surface area contributed by atoms with Crippen LogP contribution in [0.3, 0.4) is 0 Å². The predicted molar refractivity (Wildman–Crippen MR) is 158 cm³/mol. The highest BCUT2D eigenvalue weighted by molar-refractivity contribution is 6.31. The van der Waals surface area contributed by atoms with Crippen molar-refractivity contribution in [2.75, 3.05) is 18.4 Å². The zero-order chi connectivity index (χ0) is 30.9. The average Bonchev–Trinajstić information content (AvgIpc) is 3.44. The molecule has 1 unspecified atom stereocenters. The van der Waals surface area contributed by atoms with Gasteiger partial charge in [0.1, 0.15) is 11.9 Å². The number of amides is 2. The van der Waals surface area contributed by atoms with Crippen LogP contribution in [0.15, 0.2) is 60.7 Å². The minimum Gasteiger partial charge on any atom is -0.331 e. The number of likely N-dealkylation sites (tertiary alicyclic amines) is 2. The second kappa shape index (κ2) is 12.7. The number of benzene rings is 3. The predicted octanol–water partition coefficient (Wildman–Crippen LogP) is 7.85. The molecule has 0 aliphatic carbocycles. The van der Waals surface area contributed by atoms with Crippen LogP contribution in [0.2, 0.25) is 5.02 Å². The summed E-state index contributed by atoms with van der Waals surface area (Å²) in [5.41, 5.74) is 3.19. The summed E-state index contributed by atoms with van der Waals surface area (Å²) in [7, 11) is 0. The SMILES string of the molecule is Cc1ccc(NC(=O)[C@H]2CCCN(C(=O)c3c(C)cccc3F)[C@H]2c2ccc(CN3CCCC3C(F)(F)F)cc2)cc1Cl. The first-order valence-electron chi connectivity index (χ1n) is 14.5. The molecule has 2 saturated heterocycles. The lowest BCUT2D eigenvalue weighted by Crippen LogP contribution is -2.46. The van der Waals surface area contributed by atoms with E-state index in [9.17, 15) is 27.2 Å². The van der Waals surface area contributed by atoms with Gasteiger partial charge in [0.05, 0.1) is 17.5 Å². The van der Waals surface area contributed by atoms with Gasteiger partial charge in [0.2, 0.25) is 5.91 Å². The minimum atomic E-state index is -4.29. The Morgan fingerprint density at radius 2 is 1.67 bits per heavy atom. The Morgan fingerprint density at radius 1 is 0.953 bits per heavy atom. The van der Waals surface area contributed by atoms with E-state index in [4.69, 9.17) is 11.6 Å². The van der Waals surface area contributed by atoms with E-state index >= 15 is 0 Å². The fourth-order valence-corrected chi connectivity index (χ4v) is 6.48. The topological polar surface area (TPSA) is 52.7 Å². The molecule has 5 rings (SSSR count). The van der Waals surface area contributed by atoms with Crippen LogP contribution in [0.25, 0.3) is 0 Å². The van der Waals surface area contributed by atoms with Gasteiger partial charge in [0.15, 0.2) is 0 Å². The molecule has 2 aliphatic heterocycles. The summed E-state index contributed by atoms with van der Waals surface area (Å²) < 4.78 is 55.4. The van der Waals surface area contributed by atoms with Crippen LogP contribution < -0.4 is 5.32 Å². The summed E-state index contributed by atoms with van der Waals surface area (Å²) in [5.74, 6) is -2.11. The molecule has 5 nitrogen and oxygen atoms in total.